The van der Waals surface area contributed by atoms with Crippen molar-refractivity contribution in [3.05, 3.63) is 127 Å². The highest BCUT2D eigenvalue weighted by Crippen LogP contribution is 2.43. The van der Waals surface area contributed by atoms with Crippen molar-refractivity contribution < 1.29 is 0 Å². The number of fused-ring (bicyclic) bond motifs is 9. The van der Waals surface area contributed by atoms with Gasteiger partial charge < -0.3 is 9.55 Å². The summed E-state index contributed by atoms with van der Waals surface area (Å²) in [5.74, 6) is 0.733. The molecular formula is C39H26N4S. The van der Waals surface area contributed by atoms with Crippen LogP contribution < -0.4 is 0 Å². The minimum absolute atomic E-state index is 0.733. The van der Waals surface area contributed by atoms with Gasteiger partial charge in [0.1, 0.15) is 0 Å². The van der Waals surface area contributed by atoms with Crippen molar-refractivity contribution in [1.29, 1.82) is 0 Å². The van der Waals surface area contributed by atoms with E-state index in [1.165, 1.54) is 47.4 Å². The highest BCUT2D eigenvalue weighted by molar-refractivity contribution is 7.26. The fraction of sp³-hybridized carbons (Fsp3) is 0.0256. The number of thiophene rings is 1. The predicted octanol–water partition coefficient (Wildman–Crippen LogP) is 10.9. The summed E-state index contributed by atoms with van der Waals surface area (Å²) in [5.41, 5.74) is 8.77. The number of nitrogens with zero attached hydrogens (tertiary/aromatic N) is 3. The van der Waals surface area contributed by atoms with Crippen LogP contribution in [-0.4, -0.2) is 19.5 Å². The van der Waals surface area contributed by atoms with Gasteiger partial charge in [-0.2, -0.15) is 0 Å². The molecule has 0 atom stereocenters. The zero-order valence-electron chi connectivity index (χ0n) is 24.0. The molecule has 0 saturated carbocycles. The number of hydrogen-bond acceptors (Lipinski definition) is 3. The zero-order valence-corrected chi connectivity index (χ0v) is 24.8. The first-order valence-electron chi connectivity index (χ1n) is 14.7. The van der Waals surface area contributed by atoms with Gasteiger partial charge in [-0.15, -0.1) is 11.3 Å². The number of hydrogen-bond donors (Lipinski definition) is 1. The normalized spacial score (nSPS) is 12.2. The summed E-state index contributed by atoms with van der Waals surface area (Å²) >= 11 is 1.85. The van der Waals surface area contributed by atoms with Gasteiger partial charge in [-0.25, -0.2) is 9.97 Å². The Morgan fingerprint density at radius 1 is 0.818 bits per heavy atom. The molecule has 0 aliphatic carbocycles. The van der Waals surface area contributed by atoms with E-state index in [1.807, 2.05) is 53.9 Å². The van der Waals surface area contributed by atoms with Crippen LogP contribution in [0.15, 0.2) is 116 Å². The molecule has 4 heterocycles. The number of aromatic nitrogens is 4. The van der Waals surface area contributed by atoms with Gasteiger partial charge in [0.15, 0.2) is 5.82 Å². The molecule has 0 bridgehead atoms. The van der Waals surface area contributed by atoms with Crippen LogP contribution in [0.2, 0.25) is 0 Å². The monoisotopic (exact) mass is 582 g/mol. The summed E-state index contributed by atoms with van der Waals surface area (Å²) in [5, 5.41) is 7.26. The first-order chi connectivity index (χ1) is 21.7. The van der Waals surface area contributed by atoms with E-state index < -0.39 is 0 Å². The lowest BCUT2D eigenvalue weighted by molar-refractivity contribution is 1.11. The maximum atomic E-state index is 4.88. The Labute approximate surface area is 257 Å². The second-order valence-corrected chi connectivity index (χ2v) is 12.2. The molecular weight excluding hydrogens is 557 g/mol. The molecule has 4 aromatic heterocycles. The molecule has 4 nitrogen and oxygen atoms in total. The van der Waals surface area contributed by atoms with Crippen molar-refractivity contribution >= 4 is 87.3 Å². The molecule has 5 heteroatoms. The molecule has 5 aromatic carbocycles. The van der Waals surface area contributed by atoms with Gasteiger partial charge in [0.05, 0.1) is 26.9 Å². The Morgan fingerprint density at radius 3 is 2.52 bits per heavy atom. The Bertz CT molecular complexity index is 2630. The molecule has 0 aliphatic rings. The van der Waals surface area contributed by atoms with E-state index >= 15 is 0 Å². The van der Waals surface area contributed by atoms with Crippen LogP contribution in [0.3, 0.4) is 0 Å². The molecule has 1 N–H and O–H groups in total. The minimum Gasteiger partial charge on any atom is -0.353 e. The van der Waals surface area contributed by atoms with Crippen LogP contribution in [0.1, 0.15) is 18.2 Å². The fourth-order valence-electron chi connectivity index (χ4n) is 6.67. The summed E-state index contributed by atoms with van der Waals surface area (Å²) in [6, 6.07) is 34.4. The van der Waals surface area contributed by atoms with Crippen molar-refractivity contribution in [2.24, 2.45) is 0 Å². The van der Waals surface area contributed by atoms with E-state index in [-0.39, 0.29) is 0 Å². The maximum Gasteiger partial charge on any atom is 0.159 e. The lowest BCUT2D eigenvalue weighted by atomic mass is 10.1. The van der Waals surface area contributed by atoms with Crippen LogP contribution in [-0.2, 0) is 0 Å². The number of nitrogens with one attached hydrogen (secondary N) is 1. The lowest BCUT2D eigenvalue weighted by Crippen LogP contribution is -1.98. The second kappa shape index (κ2) is 9.49. The predicted molar refractivity (Wildman–Crippen MR) is 189 cm³/mol. The van der Waals surface area contributed by atoms with Crippen LogP contribution in [0.5, 0.6) is 0 Å². The molecule has 0 amide bonds. The lowest BCUT2D eigenvalue weighted by Gasteiger charge is -2.11. The third-order valence-electron chi connectivity index (χ3n) is 8.66. The van der Waals surface area contributed by atoms with Crippen molar-refractivity contribution in [2.75, 3.05) is 0 Å². The molecule has 0 aliphatic heterocycles. The van der Waals surface area contributed by atoms with Crippen molar-refractivity contribution in [1.82, 2.24) is 19.5 Å². The SMILES string of the molecule is C=Cc1c(/C=C\C)n(-c2ccc3nc(-c4ccccc4)ncc3c2)c2cc3sc4c(ccc5c6ccccc6[nH]c54)c3cc12. The largest absolute Gasteiger partial charge is 0.353 e. The topological polar surface area (TPSA) is 46.5 Å². The van der Waals surface area contributed by atoms with Crippen LogP contribution in [0.4, 0.5) is 0 Å². The van der Waals surface area contributed by atoms with Gasteiger partial charge in [-0.1, -0.05) is 79.4 Å². The van der Waals surface area contributed by atoms with E-state index in [2.05, 4.69) is 102 Å². The molecule has 44 heavy (non-hydrogen) atoms. The highest BCUT2D eigenvalue weighted by Gasteiger charge is 2.19. The minimum atomic E-state index is 0.733. The van der Waals surface area contributed by atoms with Gasteiger partial charge in [-0.05, 0) is 49.4 Å². The third-order valence-corrected chi connectivity index (χ3v) is 9.85. The van der Waals surface area contributed by atoms with Crippen molar-refractivity contribution in [3.8, 4) is 17.1 Å². The van der Waals surface area contributed by atoms with E-state index in [4.69, 9.17) is 9.97 Å². The number of H-pyrrole nitrogens is 1. The number of allylic oxidation sites excluding steroid dienone is 1. The van der Waals surface area contributed by atoms with E-state index in [9.17, 15) is 0 Å². The van der Waals surface area contributed by atoms with Gasteiger partial charge in [-0.3, -0.25) is 0 Å². The van der Waals surface area contributed by atoms with E-state index in [0.717, 1.165) is 44.8 Å². The standard InChI is InChI=1S/C39H26N4S/c1-3-10-34-26(4-2)30-20-31-29-17-16-28-27-13-8-9-14-33(27)41-37(28)38(29)44-36(31)21-35(30)43(34)25-15-18-32-24(19-25)22-40-39(42-32)23-11-6-5-7-12-23/h3-22,41H,2H2,1H3/b10-3-. The number of rotatable bonds is 4. The van der Waals surface area contributed by atoms with Crippen LogP contribution >= 0.6 is 11.3 Å². The van der Waals surface area contributed by atoms with Gasteiger partial charge in [0, 0.05) is 65.5 Å². The molecule has 0 spiro atoms. The number of para-hydroxylation sites is 1. The molecule has 0 saturated heterocycles. The van der Waals surface area contributed by atoms with Gasteiger partial charge in [0.25, 0.3) is 0 Å². The summed E-state index contributed by atoms with van der Waals surface area (Å²) < 4.78 is 4.90. The Morgan fingerprint density at radius 2 is 1.66 bits per heavy atom. The van der Waals surface area contributed by atoms with Gasteiger partial charge >= 0.3 is 0 Å². The third kappa shape index (κ3) is 3.57. The van der Waals surface area contributed by atoms with Gasteiger partial charge in [0.2, 0.25) is 0 Å². The fourth-order valence-corrected chi connectivity index (χ4v) is 7.90. The number of aromatic amines is 1. The molecule has 0 radical (unpaired) electrons. The summed E-state index contributed by atoms with van der Waals surface area (Å²) in [6.45, 7) is 6.31. The Kier molecular flexibility index (Phi) is 5.40. The van der Waals surface area contributed by atoms with Crippen LogP contribution in [0, 0.1) is 0 Å². The number of benzene rings is 5. The first-order valence-corrected chi connectivity index (χ1v) is 15.6. The first kappa shape index (κ1) is 25.0. The summed E-state index contributed by atoms with van der Waals surface area (Å²) in [6.07, 6.45) is 8.19. The van der Waals surface area contributed by atoms with Crippen molar-refractivity contribution in [2.45, 2.75) is 6.92 Å². The van der Waals surface area contributed by atoms with Crippen molar-refractivity contribution in [3.63, 3.8) is 0 Å². The molecule has 0 fully saturated rings. The van der Waals surface area contributed by atoms with E-state index in [1.54, 1.807) is 0 Å². The average Bonchev–Trinajstić information content (AvgIpc) is 3.72. The van der Waals surface area contributed by atoms with Crippen LogP contribution in [0.25, 0.3) is 93.0 Å². The second-order valence-electron chi connectivity index (χ2n) is 11.1. The smallest absolute Gasteiger partial charge is 0.159 e. The summed E-state index contributed by atoms with van der Waals surface area (Å²) in [4.78, 5) is 13.3. The molecule has 208 valence electrons. The quantitative estimate of drug-likeness (QED) is 0.224. The Balaban J connectivity index is 1.29. The zero-order chi connectivity index (χ0) is 29.4. The molecule has 9 rings (SSSR count). The molecule has 9 aromatic rings. The maximum absolute atomic E-state index is 4.88. The average molecular weight is 583 g/mol. The highest BCUT2D eigenvalue weighted by atomic mass is 32.1. The Hall–Kier alpha value is -5.52. The van der Waals surface area contributed by atoms with E-state index in [0.29, 0.717) is 0 Å². The molecule has 0 unspecified atom stereocenters. The summed E-state index contributed by atoms with van der Waals surface area (Å²) in [7, 11) is 0.